The molecule has 28 heavy (non-hydrogen) atoms. The largest absolute Gasteiger partial charge is 0.461 e. The van der Waals surface area contributed by atoms with Crippen LogP contribution in [-0.4, -0.2) is 32.5 Å². The van der Waals surface area contributed by atoms with Gasteiger partial charge in [0.25, 0.3) is 0 Å². The summed E-state index contributed by atoms with van der Waals surface area (Å²) in [6.07, 6.45) is 9.84. The maximum absolute atomic E-state index is 12.7. The molecule has 0 radical (unpaired) electrons. The van der Waals surface area contributed by atoms with Gasteiger partial charge in [-0.2, -0.15) is 0 Å². The topological polar surface area (TPSA) is 73.0 Å². The number of thioether (sulfide) groups is 1. The first-order chi connectivity index (χ1) is 13.5. The zero-order valence-corrected chi connectivity index (χ0v) is 17.4. The highest BCUT2D eigenvalue weighted by Crippen LogP contribution is 2.61. The molecule has 6 nitrogen and oxygen atoms in total. The zero-order valence-electron chi connectivity index (χ0n) is 16.6. The third-order valence-electron chi connectivity index (χ3n) is 7.29. The lowest BCUT2D eigenvalue weighted by molar-refractivity contribution is -0.123. The van der Waals surface area contributed by atoms with Crippen LogP contribution in [0.2, 0.25) is 0 Å². The van der Waals surface area contributed by atoms with Crippen LogP contribution in [0.25, 0.3) is 11.6 Å². The van der Waals surface area contributed by atoms with Crippen molar-refractivity contribution in [3.8, 4) is 11.6 Å². The Labute approximate surface area is 169 Å². The van der Waals surface area contributed by atoms with E-state index in [4.69, 9.17) is 4.42 Å². The highest BCUT2D eigenvalue weighted by atomic mass is 32.2. The number of hydrogen-bond donors (Lipinski definition) is 1. The highest BCUT2D eigenvalue weighted by Gasteiger charge is 2.53. The third kappa shape index (κ3) is 3.17. The highest BCUT2D eigenvalue weighted by molar-refractivity contribution is 7.99. The maximum atomic E-state index is 12.7. The minimum Gasteiger partial charge on any atom is -0.461 e. The molecule has 1 atom stereocenters. The van der Waals surface area contributed by atoms with Gasteiger partial charge < -0.3 is 14.3 Å². The number of aromatic nitrogens is 3. The van der Waals surface area contributed by atoms with Gasteiger partial charge in [-0.05, 0) is 80.8 Å². The SMILES string of the molecule is C[C@@H](NC(=O)CSc1nnc(-c2ccco2)n1C)C12CC3CC(CC(C3)C1)C2. The van der Waals surface area contributed by atoms with E-state index < -0.39 is 0 Å². The van der Waals surface area contributed by atoms with E-state index in [0.29, 0.717) is 22.8 Å². The van der Waals surface area contributed by atoms with Crippen LogP contribution in [-0.2, 0) is 11.8 Å². The fourth-order valence-electron chi connectivity index (χ4n) is 6.34. The van der Waals surface area contributed by atoms with Crippen LogP contribution in [0, 0.1) is 23.2 Å². The van der Waals surface area contributed by atoms with Crippen molar-refractivity contribution in [3.63, 3.8) is 0 Å². The van der Waals surface area contributed by atoms with E-state index in [1.165, 1.54) is 50.3 Å². The average Bonchev–Trinajstić information content (AvgIpc) is 3.28. The van der Waals surface area contributed by atoms with Crippen LogP contribution in [0.4, 0.5) is 0 Å². The van der Waals surface area contributed by atoms with Gasteiger partial charge in [0.05, 0.1) is 12.0 Å². The molecule has 2 aromatic rings. The Balaban J connectivity index is 1.19. The summed E-state index contributed by atoms with van der Waals surface area (Å²) in [6, 6.07) is 3.95. The molecule has 4 saturated carbocycles. The zero-order chi connectivity index (χ0) is 19.3. The van der Waals surface area contributed by atoms with Gasteiger partial charge in [-0.25, -0.2) is 0 Å². The van der Waals surface area contributed by atoms with Crippen molar-refractivity contribution in [1.29, 1.82) is 0 Å². The first kappa shape index (κ1) is 18.3. The molecule has 0 aliphatic heterocycles. The Morgan fingerprint density at radius 2 is 1.96 bits per heavy atom. The Morgan fingerprint density at radius 1 is 1.29 bits per heavy atom. The summed E-state index contributed by atoms with van der Waals surface area (Å²) in [5, 5.41) is 12.5. The molecule has 0 aromatic carbocycles. The van der Waals surface area contributed by atoms with Crippen molar-refractivity contribution in [3.05, 3.63) is 18.4 Å². The number of hydrogen-bond acceptors (Lipinski definition) is 5. The molecule has 0 spiro atoms. The summed E-state index contributed by atoms with van der Waals surface area (Å²) in [6.45, 7) is 2.23. The number of carbonyl (C=O) groups is 1. The fourth-order valence-corrected chi connectivity index (χ4v) is 7.06. The van der Waals surface area contributed by atoms with Crippen molar-refractivity contribution in [2.45, 2.75) is 56.6 Å². The molecule has 4 bridgehead atoms. The second-order valence-corrected chi connectivity index (χ2v) is 10.1. The Bertz CT molecular complexity index is 825. The normalized spacial score (nSPS) is 31.9. The second-order valence-electron chi connectivity index (χ2n) is 9.20. The Hall–Kier alpha value is -1.76. The van der Waals surface area contributed by atoms with Gasteiger partial charge >= 0.3 is 0 Å². The maximum Gasteiger partial charge on any atom is 0.230 e. The van der Waals surface area contributed by atoms with E-state index in [1.54, 1.807) is 6.26 Å². The summed E-state index contributed by atoms with van der Waals surface area (Å²) in [5.41, 5.74) is 0.340. The first-order valence-corrected chi connectivity index (χ1v) is 11.4. The molecule has 4 aliphatic rings. The quantitative estimate of drug-likeness (QED) is 0.745. The van der Waals surface area contributed by atoms with Crippen LogP contribution < -0.4 is 5.32 Å². The van der Waals surface area contributed by atoms with E-state index >= 15 is 0 Å². The molecule has 2 heterocycles. The molecule has 7 heteroatoms. The van der Waals surface area contributed by atoms with Crippen LogP contribution in [0.15, 0.2) is 28.0 Å². The monoisotopic (exact) mass is 400 g/mol. The molecule has 0 unspecified atom stereocenters. The number of nitrogens with one attached hydrogen (secondary N) is 1. The molecular weight excluding hydrogens is 372 g/mol. The molecule has 1 amide bonds. The smallest absolute Gasteiger partial charge is 0.230 e. The van der Waals surface area contributed by atoms with Gasteiger partial charge in [-0.3, -0.25) is 4.79 Å². The van der Waals surface area contributed by atoms with E-state index in [2.05, 4.69) is 22.4 Å². The molecule has 6 rings (SSSR count). The van der Waals surface area contributed by atoms with E-state index in [9.17, 15) is 4.79 Å². The predicted molar refractivity (Wildman–Crippen MR) is 108 cm³/mol. The fraction of sp³-hybridized carbons (Fsp3) is 0.667. The van der Waals surface area contributed by atoms with Crippen LogP contribution >= 0.6 is 11.8 Å². The van der Waals surface area contributed by atoms with Crippen LogP contribution in [0.1, 0.15) is 45.4 Å². The molecule has 4 fully saturated rings. The standard InChI is InChI=1S/C21H28N4O2S/c1-13(21-9-14-6-15(10-21)8-16(7-14)11-21)22-18(26)12-28-20-24-23-19(25(20)2)17-4-3-5-27-17/h3-5,13-16H,6-12H2,1-2H3,(H,22,26)/t13-,14?,15?,16?,21?/m1/s1. The number of furan rings is 1. The summed E-state index contributed by atoms with van der Waals surface area (Å²) >= 11 is 1.43. The van der Waals surface area contributed by atoms with Gasteiger partial charge in [-0.15, -0.1) is 10.2 Å². The van der Waals surface area contributed by atoms with E-state index in [1.807, 2.05) is 23.7 Å². The summed E-state index contributed by atoms with van der Waals surface area (Å²) < 4.78 is 7.27. The summed E-state index contributed by atoms with van der Waals surface area (Å²) in [7, 11) is 1.90. The minimum atomic E-state index is 0.0933. The summed E-state index contributed by atoms with van der Waals surface area (Å²) in [5.74, 6) is 4.52. The Morgan fingerprint density at radius 3 is 2.57 bits per heavy atom. The molecule has 0 saturated heterocycles. The lowest BCUT2D eigenvalue weighted by Gasteiger charge is -2.59. The van der Waals surface area contributed by atoms with Gasteiger partial charge in [-0.1, -0.05) is 11.8 Å². The Kier molecular flexibility index (Phi) is 4.53. The van der Waals surface area contributed by atoms with E-state index in [-0.39, 0.29) is 11.9 Å². The third-order valence-corrected chi connectivity index (χ3v) is 8.31. The predicted octanol–water partition coefficient (Wildman–Crippen LogP) is 3.89. The van der Waals surface area contributed by atoms with Gasteiger partial charge in [0.2, 0.25) is 5.91 Å². The first-order valence-electron chi connectivity index (χ1n) is 10.4. The van der Waals surface area contributed by atoms with Crippen molar-refractivity contribution in [2.75, 3.05) is 5.75 Å². The molecule has 4 aliphatic carbocycles. The lowest BCUT2D eigenvalue weighted by atomic mass is 9.48. The van der Waals surface area contributed by atoms with Crippen molar-refractivity contribution < 1.29 is 9.21 Å². The summed E-state index contributed by atoms with van der Waals surface area (Å²) in [4.78, 5) is 12.7. The lowest BCUT2D eigenvalue weighted by Crippen LogP contribution is -2.56. The number of nitrogens with zero attached hydrogens (tertiary/aromatic N) is 3. The number of rotatable bonds is 6. The van der Waals surface area contributed by atoms with Crippen molar-refractivity contribution in [2.24, 2.45) is 30.2 Å². The van der Waals surface area contributed by atoms with Gasteiger partial charge in [0.15, 0.2) is 16.7 Å². The van der Waals surface area contributed by atoms with Crippen molar-refractivity contribution in [1.82, 2.24) is 20.1 Å². The second kappa shape index (κ2) is 6.94. The molecule has 1 N–H and O–H groups in total. The van der Waals surface area contributed by atoms with Crippen molar-refractivity contribution >= 4 is 17.7 Å². The number of carbonyl (C=O) groups excluding carboxylic acids is 1. The molecular formula is C21H28N4O2S. The van der Waals surface area contributed by atoms with Crippen LogP contribution in [0.3, 0.4) is 0 Å². The minimum absolute atomic E-state index is 0.0933. The van der Waals surface area contributed by atoms with Gasteiger partial charge in [0, 0.05) is 13.1 Å². The van der Waals surface area contributed by atoms with E-state index in [0.717, 1.165) is 22.9 Å². The average molecular weight is 401 g/mol. The van der Waals surface area contributed by atoms with Crippen LogP contribution in [0.5, 0.6) is 0 Å². The van der Waals surface area contributed by atoms with Gasteiger partial charge in [0.1, 0.15) is 0 Å². The molecule has 2 aromatic heterocycles. The number of amides is 1. The molecule has 150 valence electrons.